The maximum absolute atomic E-state index is 11.1. The van der Waals surface area contributed by atoms with E-state index in [1.807, 2.05) is 16.8 Å². The highest BCUT2D eigenvalue weighted by molar-refractivity contribution is 7.07. The maximum atomic E-state index is 11.1. The van der Waals surface area contributed by atoms with Crippen LogP contribution in [-0.2, 0) is 13.2 Å². The number of nitro groups is 1. The Kier molecular flexibility index (Phi) is 5.71. The minimum absolute atomic E-state index is 0.00414. The number of hydrogen-bond donors (Lipinski definition) is 1. The fraction of sp³-hybridized carbons (Fsp3) is 0.333. The zero-order valence-corrected chi connectivity index (χ0v) is 12.7. The lowest BCUT2D eigenvalue weighted by atomic mass is 10.2. The van der Waals surface area contributed by atoms with Crippen molar-refractivity contribution in [3.63, 3.8) is 0 Å². The van der Waals surface area contributed by atoms with E-state index < -0.39 is 4.92 Å². The van der Waals surface area contributed by atoms with Crippen molar-refractivity contribution in [2.45, 2.75) is 26.5 Å². The fourth-order valence-corrected chi connectivity index (χ4v) is 2.53. The highest BCUT2D eigenvalue weighted by atomic mass is 32.1. The molecule has 2 rings (SSSR count). The van der Waals surface area contributed by atoms with Crippen LogP contribution in [0.3, 0.4) is 0 Å². The van der Waals surface area contributed by atoms with Gasteiger partial charge in [-0.05, 0) is 47.0 Å². The largest absolute Gasteiger partial charge is 0.482 e. The molecule has 0 amide bonds. The number of ether oxygens (including phenoxy) is 1. The maximum Gasteiger partial charge on any atom is 0.310 e. The number of benzene rings is 1. The van der Waals surface area contributed by atoms with Crippen LogP contribution < -0.4 is 10.1 Å². The molecule has 0 atom stereocenters. The van der Waals surface area contributed by atoms with Gasteiger partial charge >= 0.3 is 5.69 Å². The molecule has 2 aromatic rings. The molecule has 6 heteroatoms. The van der Waals surface area contributed by atoms with Gasteiger partial charge < -0.3 is 10.1 Å². The summed E-state index contributed by atoms with van der Waals surface area (Å²) in [5, 5.41) is 18.3. The number of nitro benzene ring substituents is 1. The minimum atomic E-state index is -0.411. The number of nitrogens with one attached hydrogen (secondary N) is 1. The predicted molar refractivity (Wildman–Crippen MR) is 83.7 cm³/mol. The van der Waals surface area contributed by atoms with E-state index in [0.29, 0.717) is 18.9 Å². The summed E-state index contributed by atoms with van der Waals surface area (Å²) < 4.78 is 5.63. The second-order valence-electron chi connectivity index (χ2n) is 4.66. The molecule has 1 heterocycles. The van der Waals surface area contributed by atoms with Crippen molar-refractivity contribution in [2.75, 3.05) is 6.54 Å². The lowest BCUT2D eigenvalue weighted by Crippen LogP contribution is -2.13. The molecule has 1 N–H and O–H groups in total. The van der Waals surface area contributed by atoms with E-state index in [4.69, 9.17) is 4.74 Å². The van der Waals surface area contributed by atoms with Gasteiger partial charge in [-0.15, -0.1) is 0 Å². The molecule has 0 fully saturated rings. The summed E-state index contributed by atoms with van der Waals surface area (Å²) in [6.45, 7) is 4.04. The van der Waals surface area contributed by atoms with E-state index in [9.17, 15) is 10.1 Å². The van der Waals surface area contributed by atoms with Gasteiger partial charge in [0.25, 0.3) is 0 Å². The molecule has 112 valence electrons. The van der Waals surface area contributed by atoms with Gasteiger partial charge in [0.15, 0.2) is 5.75 Å². The van der Waals surface area contributed by atoms with Crippen LogP contribution in [-0.4, -0.2) is 11.5 Å². The fourth-order valence-electron chi connectivity index (χ4n) is 1.88. The quantitative estimate of drug-likeness (QED) is 0.458. The normalized spacial score (nSPS) is 10.5. The van der Waals surface area contributed by atoms with Gasteiger partial charge in [0, 0.05) is 12.6 Å². The standard InChI is InChI=1S/C15H18N2O3S/c1-2-6-16-9-12-3-4-14(17(18)19)15(8-12)20-10-13-5-7-21-11-13/h3-5,7-8,11,16H,2,6,9-10H2,1H3. The van der Waals surface area contributed by atoms with Crippen molar-refractivity contribution >= 4 is 17.0 Å². The average Bonchev–Trinajstić information content (AvgIpc) is 2.98. The third kappa shape index (κ3) is 4.54. The second-order valence-corrected chi connectivity index (χ2v) is 5.44. The van der Waals surface area contributed by atoms with Gasteiger partial charge in [-0.1, -0.05) is 13.0 Å². The Morgan fingerprint density at radius 1 is 1.33 bits per heavy atom. The Morgan fingerprint density at radius 2 is 2.19 bits per heavy atom. The van der Waals surface area contributed by atoms with E-state index in [-0.39, 0.29) is 5.69 Å². The smallest absolute Gasteiger partial charge is 0.310 e. The summed E-state index contributed by atoms with van der Waals surface area (Å²) in [5.74, 6) is 0.321. The first kappa shape index (κ1) is 15.5. The molecule has 0 aliphatic heterocycles. The molecule has 0 aliphatic carbocycles. The molecule has 0 radical (unpaired) electrons. The lowest BCUT2D eigenvalue weighted by Gasteiger charge is -2.09. The van der Waals surface area contributed by atoms with Crippen molar-refractivity contribution in [3.05, 3.63) is 56.3 Å². The average molecular weight is 306 g/mol. The van der Waals surface area contributed by atoms with Crippen LogP contribution >= 0.6 is 11.3 Å². The van der Waals surface area contributed by atoms with Crippen LogP contribution in [0.4, 0.5) is 5.69 Å². The molecule has 0 spiro atoms. The highest BCUT2D eigenvalue weighted by Crippen LogP contribution is 2.29. The van der Waals surface area contributed by atoms with Gasteiger partial charge in [0.2, 0.25) is 0 Å². The Bertz CT molecular complexity index is 585. The first-order chi connectivity index (χ1) is 10.2. The van der Waals surface area contributed by atoms with Crippen LogP contribution in [0.25, 0.3) is 0 Å². The third-order valence-corrected chi connectivity index (χ3v) is 3.68. The molecule has 1 aromatic carbocycles. The van der Waals surface area contributed by atoms with E-state index in [1.54, 1.807) is 23.5 Å². The number of nitrogens with zero attached hydrogens (tertiary/aromatic N) is 1. The summed E-state index contributed by atoms with van der Waals surface area (Å²) in [5.41, 5.74) is 2.00. The molecule has 0 unspecified atom stereocenters. The van der Waals surface area contributed by atoms with E-state index in [2.05, 4.69) is 12.2 Å². The summed E-state index contributed by atoms with van der Waals surface area (Å²) in [6.07, 6.45) is 1.05. The highest BCUT2D eigenvalue weighted by Gasteiger charge is 2.15. The van der Waals surface area contributed by atoms with E-state index >= 15 is 0 Å². The van der Waals surface area contributed by atoms with Crippen molar-refractivity contribution in [1.29, 1.82) is 0 Å². The zero-order chi connectivity index (χ0) is 15.1. The Labute approximate surface area is 127 Å². The molecule has 0 saturated heterocycles. The zero-order valence-electron chi connectivity index (χ0n) is 11.9. The molecular weight excluding hydrogens is 288 g/mol. The van der Waals surface area contributed by atoms with Crippen molar-refractivity contribution in [2.24, 2.45) is 0 Å². The number of rotatable bonds is 8. The Morgan fingerprint density at radius 3 is 2.86 bits per heavy atom. The summed E-state index contributed by atoms with van der Waals surface area (Å²) in [4.78, 5) is 10.7. The van der Waals surface area contributed by atoms with Crippen LogP contribution in [0, 0.1) is 10.1 Å². The van der Waals surface area contributed by atoms with Gasteiger partial charge in [-0.3, -0.25) is 10.1 Å². The first-order valence-electron chi connectivity index (χ1n) is 6.82. The Hall–Kier alpha value is -1.92. The molecular formula is C15H18N2O3S. The second kappa shape index (κ2) is 7.75. The topological polar surface area (TPSA) is 64.4 Å². The molecule has 0 saturated carbocycles. The van der Waals surface area contributed by atoms with E-state index in [1.165, 1.54) is 6.07 Å². The summed E-state index contributed by atoms with van der Waals surface area (Å²) >= 11 is 1.58. The molecule has 0 bridgehead atoms. The SMILES string of the molecule is CCCNCc1ccc([N+](=O)[O-])c(OCc2ccsc2)c1. The van der Waals surface area contributed by atoms with Gasteiger partial charge in [0.1, 0.15) is 6.61 Å². The van der Waals surface area contributed by atoms with Crippen LogP contribution in [0.1, 0.15) is 24.5 Å². The van der Waals surface area contributed by atoms with Gasteiger partial charge in [-0.25, -0.2) is 0 Å². The number of hydrogen-bond acceptors (Lipinski definition) is 5. The van der Waals surface area contributed by atoms with Crippen LogP contribution in [0.2, 0.25) is 0 Å². The van der Waals surface area contributed by atoms with Crippen LogP contribution in [0.15, 0.2) is 35.0 Å². The lowest BCUT2D eigenvalue weighted by molar-refractivity contribution is -0.386. The molecule has 1 aromatic heterocycles. The van der Waals surface area contributed by atoms with Gasteiger partial charge in [-0.2, -0.15) is 11.3 Å². The molecule has 21 heavy (non-hydrogen) atoms. The predicted octanol–water partition coefficient (Wildman–Crippen LogP) is 3.73. The third-order valence-electron chi connectivity index (χ3n) is 2.95. The molecule has 5 nitrogen and oxygen atoms in total. The van der Waals surface area contributed by atoms with Gasteiger partial charge in [0.05, 0.1) is 4.92 Å². The van der Waals surface area contributed by atoms with Crippen molar-refractivity contribution < 1.29 is 9.66 Å². The van der Waals surface area contributed by atoms with E-state index in [0.717, 1.165) is 24.1 Å². The summed E-state index contributed by atoms with van der Waals surface area (Å²) in [7, 11) is 0. The van der Waals surface area contributed by atoms with Crippen LogP contribution in [0.5, 0.6) is 5.75 Å². The first-order valence-corrected chi connectivity index (χ1v) is 7.77. The van der Waals surface area contributed by atoms with Crippen molar-refractivity contribution in [3.8, 4) is 5.75 Å². The van der Waals surface area contributed by atoms with Crippen molar-refractivity contribution in [1.82, 2.24) is 5.32 Å². The summed E-state index contributed by atoms with van der Waals surface area (Å²) in [6, 6.07) is 6.96. The number of thiophene rings is 1. The Balaban J connectivity index is 2.10. The monoisotopic (exact) mass is 306 g/mol. The molecule has 0 aliphatic rings. The minimum Gasteiger partial charge on any atom is -0.482 e.